The lowest BCUT2D eigenvalue weighted by Gasteiger charge is -2.26. The quantitative estimate of drug-likeness (QED) is 0.213. The van der Waals surface area contributed by atoms with Gasteiger partial charge in [-0.25, -0.2) is 0 Å². The smallest absolute Gasteiger partial charge is 0.300 e. The first-order valence-electron chi connectivity index (χ1n) is 13.1. The molecule has 4 rings (SSSR count). The van der Waals surface area contributed by atoms with Crippen LogP contribution in [-0.4, -0.2) is 44.6 Å². The Hall–Kier alpha value is -4.26. The van der Waals surface area contributed by atoms with Crippen molar-refractivity contribution in [2.24, 2.45) is 0 Å². The van der Waals surface area contributed by atoms with Gasteiger partial charge in [-0.1, -0.05) is 26.0 Å². The van der Waals surface area contributed by atoms with Gasteiger partial charge < -0.3 is 19.5 Å². The molecule has 1 N–H and O–H groups in total. The molecule has 1 aliphatic rings. The molecule has 0 bridgehead atoms. The van der Waals surface area contributed by atoms with Gasteiger partial charge in [-0.3, -0.25) is 14.5 Å². The van der Waals surface area contributed by atoms with Crippen LogP contribution in [0.15, 0.2) is 66.2 Å². The molecule has 1 atom stereocenters. The van der Waals surface area contributed by atoms with E-state index in [1.54, 1.807) is 7.11 Å². The average Bonchev–Trinajstić information content (AvgIpc) is 3.18. The third-order valence-corrected chi connectivity index (χ3v) is 7.03. The molecule has 0 aromatic heterocycles. The van der Waals surface area contributed by atoms with Gasteiger partial charge in [-0.05, 0) is 85.0 Å². The zero-order valence-electron chi connectivity index (χ0n) is 23.6. The fraction of sp³-hybridized carbons (Fsp3) is 0.312. The number of benzene rings is 3. The molecule has 1 fully saturated rings. The number of aryl methyl sites for hydroxylation is 1. The molecule has 0 spiro atoms. The van der Waals surface area contributed by atoms with E-state index in [0.29, 0.717) is 34.9 Å². The number of Topliss-reactive ketones (excluding diaryl/α,β-unsaturated/α-hetero) is 1. The standard InChI is InChI=1S/C32H36N2O5/c1-8-39-24-11-9-10-21(17-24)29-28(30(35)26-18-25(19(2)3)27(38-7)16-20(26)4)31(36)32(37)34(29)23-14-12-22(13-15-23)33(5)6/h9-19,29,35H,8H2,1-7H3/b30-28+. The Kier molecular flexibility index (Phi) is 8.00. The second-order valence-electron chi connectivity index (χ2n) is 10.1. The van der Waals surface area contributed by atoms with Gasteiger partial charge in [0, 0.05) is 31.0 Å². The lowest BCUT2D eigenvalue weighted by molar-refractivity contribution is -0.132. The van der Waals surface area contributed by atoms with E-state index in [4.69, 9.17) is 9.47 Å². The van der Waals surface area contributed by atoms with Gasteiger partial charge in [-0.15, -0.1) is 0 Å². The fourth-order valence-corrected chi connectivity index (χ4v) is 4.99. The minimum atomic E-state index is -0.848. The lowest BCUT2D eigenvalue weighted by Crippen LogP contribution is -2.29. The second kappa shape index (κ2) is 11.2. The van der Waals surface area contributed by atoms with E-state index >= 15 is 0 Å². The van der Waals surface area contributed by atoms with E-state index in [1.807, 2.05) is 107 Å². The average molecular weight is 529 g/mol. The van der Waals surface area contributed by atoms with Crippen molar-refractivity contribution < 1.29 is 24.2 Å². The number of hydrogen-bond donors (Lipinski definition) is 1. The van der Waals surface area contributed by atoms with Gasteiger partial charge in [0.2, 0.25) is 0 Å². The van der Waals surface area contributed by atoms with Crippen LogP contribution in [0.3, 0.4) is 0 Å². The predicted molar refractivity (Wildman–Crippen MR) is 155 cm³/mol. The van der Waals surface area contributed by atoms with Crippen molar-refractivity contribution >= 4 is 28.8 Å². The molecule has 1 saturated heterocycles. The van der Waals surface area contributed by atoms with Crippen LogP contribution in [0.4, 0.5) is 11.4 Å². The first-order chi connectivity index (χ1) is 18.6. The molecule has 7 heteroatoms. The number of aliphatic hydroxyl groups is 1. The van der Waals surface area contributed by atoms with Crippen LogP contribution >= 0.6 is 0 Å². The minimum Gasteiger partial charge on any atom is -0.507 e. The first-order valence-corrected chi connectivity index (χ1v) is 13.1. The van der Waals surface area contributed by atoms with Crippen LogP contribution in [0.2, 0.25) is 0 Å². The normalized spacial score (nSPS) is 16.6. The summed E-state index contributed by atoms with van der Waals surface area (Å²) in [6.07, 6.45) is 0. The third kappa shape index (κ3) is 5.21. The summed E-state index contributed by atoms with van der Waals surface area (Å²) in [6, 6.07) is 17.6. The topological polar surface area (TPSA) is 79.3 Å². The third-order valence-electron chi connectivity index (χ3n) is 7.03. The van der Waals surface area contributed by atoms with Crippen LogP contribution in [0.25, 0.3) is 5.76 Å². The van der Waals surface area contributed by atoms with Gasteiger partial charge >= 0.3 is 0 Å². The molecule has 0 radical (unpaired) electrons. The van der Waals surface area contributed by atoms with Crippen molar-refractivity contribution in [1.82, 2.24) is 0 Å². The monoisotopic (exact) mass is 528 g/mol. The molecule has 7 nitrogen and oxygen atoms in total. The summed E-state index contributed by atoms with van der Waals surface area (Å²) in [6.45, 7) is 8.28. The molecular formula is C32H36N2O5. The Morgan fingerprint density at radius 2 is 1.74 bits per heavy atom. The summed E-state index contributed by atoms with van der Waals surface area (Å²) >= 11 is 0. The minimum absolute atomic E-state index is 0.0355. The van der Waals surface area contributed by atoms with Crippen LogP contribution in [-0.2, 0) is 9.59 Å². The van der Waals surface area contributed by atoms with Crippen molar-refractivity contribution in [2.45, 2.75) is 39.7 Å². The zero-order chi connectivity index (χ0) is 28.4. The van der Waals surface area contributed by atoms with Crippen molar-refractivity contribution in [3.8, 4) is 11.5 Å². The fourth-order valence-electron chi connectivity index (χ4n) is 4.99. The van der Waals surface area contributed by atoms with Crippen LogP contribution < -0.4 is 19.3 Å². The zero-order valence-corrected chi connectivity index (χ0v) is 23.6. The van der Waals surface area contributed by atoms with Crippen LogP contribution in [0, 0.1) is 6.92 Å². The lowest BCUT2D eigenvalue weighted by atomic mass is 9.91. The summed E-state index contributed by atoms with van der Waals surface area (Å²) in [5.74, 6) is -0.209. The van der Waals surface area contributed by atoms with Crippen molar-refractivity contribution in [3.63, 3.8) is 0 Å². The van der Waals surface area contributed by atoms with Crippen molar-refractivity contribution in [3.05, 3.63) is 88.5 Å². The maximum atomic E-state index is 13.7. The number of hydrogen-bond acceptors (Lipinski definition) is 6. The highest BCUT2D eigenvalue weighted by atomic mass is 16.5. The molecule has 0 aliphatic carbocycles. The summed E-state index contributed by atoms with van der Waals surface area (Å²) in [4.78, 5) is 30.7. The van der Waals surface area contributed by atoms with E-state index < -0.39 is 17.7 Å². The number of rotatable bonds is 8. The number of ether oxygens (including phenoxy) is 2. The molecule has 0 saturated carbocycles. The van der Waals surface area contributed by atoms with Gasteiger partial charge in [0.25, 0.3) is 11.7 Å². The van der Waals surface area contributed by atoms with Gasteiger partial charge in [0.05, 0.1) is 25.3 Å². The maximum absolute atomic E-state index is 13.7. The molecule has 39 heavy (non-hydrogen) atoms. The molecule has 204 valence electrons. The number of methoxy groups -OCH3 is 1. The predicted octanol–water partition coefficient (Wildman–Crippen LogP) is 6.22. The molecule has 1 unspecified atom stereocenters. The molecule has 1 aliphatic heterocycles. The Bertz CT molecular complexity index is 1420. The van der Waals surface area contributed by atoms with E-state index in [2.05, 4.69) is 0 Å². The largest absolute Gasteiger partial charge is 0.507 e. The number of carbonyl (C=O) groups is 2. The summed E-state index contributed by atoms with van der Waals surface area (Å²) in [5.41, 5.74) is 4.33. The highest BCUT2D eigenvalue weighted by Crippen LogP contribution is 2.44. The molecule has 1 heterocycles. The summed E-state index contributed by atoms with van der Waals surface area (Å²) in [5, 5.41) is 11.7. The number of ketones is 1. The highest BCUT2D eigenvalue weighted by molar-refractivity contribution is 6.51. The Balaban J connectivity index is 1.97. The summed E-state index contributed by atoms with van der Waals surface area (Å²) < 4.78 is 11.3. The van der Waals surface area contributed by atoms with Crippen molar-refractivity contribution in [2.75, 3.05) is 37.6 Å². The molecule has 3 aromatic carbocycles. The second-order valence-corrected chi connectivity index (χ2v) is 10.1. The van der Waals surface area contributed by atoms with Crippen LogP contribution in [0.1, 0.15) is 55.0 Å². The molecule has 1 amide bonds. The number of aliphatic hydroxyl groups excluding tert-OH is 1. The molecule has 3 aromatic rings. The van der Waals surface area contributed by atoms with Crippen LogP contribution in [0.5, 0.6) is 11.5 Å². The van der Waals surface area contributed by atoms with E-state index in [1.165, 1.54) is 4.90 Å². The Morgan fingerprint density at radius 3 is 2.33 bits per heavy atom. The van der Waals surface area contributed by atoms with Crippen molar-refractivity contribution in [1.29, 1.82) is 0 Å². The Labute approximate surface area is 230 Å². The van der Waals surface area contributed by atoms with Gasteiger partial charge in [0.15, 0.2) is 0 Å². The highest BCUT2D eigenvalue weighted by Gasteiger charge is 2.47. The number of anilines is 2. The summed E-state index contributed by atoms with van der Waals surface area (Å²) in [7, 11) is 5.48. The Morgan fingerprint density at radius 1 is 1.05 bits per heavy atom. The van der Waals surface area contributed by atoms with Gasteiger partial charge in [0.1, 0.15) is 17.3 Å². The number of amides is 1. The SMILES string of the molecule is CCOc1cccc(C2/C(=C(\O)c3cc(C(C)C)c(OC)cc3C)C(=O)C(=O)N2c2ccc(N(C)C)cc2)c1. The maximum Gasteiger partial charge on any atom is 0.300 e. The number of carbonyl (C=O) groups excluding carboxylic acids is 2. The van der Waals surface area contributed by atoms with E-state index in [-0.39, 0.29) is 17.3 Å². The van der Waals surface area contributed by atoms with E-state index in [0.717, 1.165) is 16.8 Å². The van der Waals surface area contributed by atoms with Gasteiger partial charge in [-0.2, -0.15) is 0 Å². The first kappa shape index (κ1) is 27.8. The van der Waals surface area contributed by atoms with E-state index in [9.17, 15) is 14.7 Å². The number of nitrogens with zero attached hydrogens (tertiary/aromatic N) is 2. The molecular weight excluding hydrogens is 492 g/mol.